The predicted octanol–water partition coefficient (Wildman–Crippen LogP) is 2.29. The van der Waals surface area contributed by atoms with Gasteiger partial charge in [-0.1, -0.05) is 32.4 Å². The van der Waals surface area contributed by atoms with Crippen molar-refractivity contribution in [3.05, 3.63) is 29.8 Å². The summed E-state index contributed by atoms with van der Waals surface area (Å²) >= 11 is 0. The number of aromatic carboxylic acids is 1. The minimum absolute atomic E-state index is 0.0540. The lowest BCUT2D eigenvalue weighted by atomic mass is 9.96. The maximum Gasteiger partial charge on any atom is 0.337 e. The number of rotatable bonds is 7. The van der Waals surface area contributed by atoms with Crippen LogP contribution in [0, 0.1) is 11.8 Å². The molecule has 1 amide bonds. The van der Waals surface area contributed by atoms with Crippen LogP contribution in [0.2, 0.25) is 0 Å². The van der Waals surface area contributed by atoms with E-state index in [-0.39, 0.29) is 35.4 Å². The van der Waals surface area contributed by atoms with Gasteiger partial charge in [0.15, 0.2) is 0 Å². The predicted molar refractivity (Wildman–Crippen MR) is 102 cm³/mol. The first-order valence-corrected chi connectivity index (χ1v) is 10.7. The van der Waals surface area contributed by atoms with Crippen molar-refractivity contribution in [3.63, 3.8) is 0 Å². The highest BCUT2D eigenvalue weighted by Gasteiger charge is 2.34. The Hall–Kier alpha value is -1.93. The van der Waals surface area contributed by atoms with Crippen molar-refractivity contribution in [2.45, 2.75) is 38.0 Å². The molecule has 0 bridgehead atoms. The van der Waals surface area contributed by atoms with Crippen molar-refractivity contribution >= 4 is 21.9 Å². The highest BCUT2D eigenvalue weighted by atomic mass is 32.2. The van der Waals surface area contributed by atoms with Crippen LogP contribution in [-0.2, 0) is 14.8 Å². The number of carboxylic acid groups (broad SMARTS) is 1. The van der Waals surface area contributed by atoms with Gasteiger partial charge in [-0.3, -0.25) is 4.79 Å². The van der Waals surface area contributed by atoms with Gasteiger partial charge in [0.25, 0.3) is 0 Å². The van der Waals surface area contributed by atoms with Gasteiger partial charge >= 0.3 is 5.97 Å². The molecule has 150 valence electrons. The molecule has 0 aliphatic carbocycles. The summed E-state index contributed by atoms with van der Waals surface area (Å²) in [5.74, 6) is -0.989. The minimum Gasteiger partial charge on any atom is -0.478 e. The van der Waals surface area contributed by atoms with E-state index in [9.17, 15) is 23.1 Å². The van der Waals surface area contributed by atoms with Crippen molar-refractivity contribution in [1.82, 2.24) is 9.21 Å². The first-order chi connectivity index (χ1) is 12.7. The van der Waals surface area contributed by atoms with E-state index in [2.05, 4.69) is 13.8 Å². The van der Waals surface area contributed by atoms with E-state index >= 15 is 0 Å². The molecule has 2 rings (SSSR count). The zero-order valence-electron chi connectivity index (χ0n) is 16.1. The van der Waals surface area contributed by atoms with Crippen molar-refractivity contribution in [3.8, 4) is 0 Å². The fourth-order valence-corrected chi connectivity index (χ4v) is 5.00. The summed E-state index contributed by atoms with van der Waals surface area (Å²) in [7, 11) is -2.11. The van der Waals surface area contributed by atoms with Gasteiger partial charge in [0.1, 0.15) is 0 Å². The third kappa shape index (κ3) is 4.87. The van der Waals surface area contributed by atoms with E-state index in [0.717, 1.165) is 6.42 Å². The van der Waals surface area contributed by atoms with Crippen LogP contribution in [0.1, 0.15) is 43.5 Å². The van der Waals surface area contributed by atoms with Gasteiger partial charge in [-0.25, -0.2) is 13.2 Å². The van der Waals surface area contributed by atoms with Crippen LogP contribution in [-0.4, -0.2) is 61.3 Å². The zero-order chi connectivity index (χ0) is 20.2. The van der Waals surface area contributed by atoms with Crippen LogP contribution in [0.25, 0.3) is 0 Å². The molecule has 1 aromatic rings. The zero-order valence-corrected chi connectivity index (χ0v) is 16.9. The van der Waals surface area contributed by atoms with E-state index in [1.54, 1.807) is 11.9 Å². The molecule has 1 atom stereocenters. The van der Waals surface area contributed by atoms with Crippen molar-refractivity contribution < 1.29 is 23.1 Å². The van der Waals surface area contributed by atoms with Gasteiger partial charge in [0.2, 0.25) is 15.9 Å². The fourth-order valence-electron chi connectivity index (χ4n) is 3.35. The van der Waals surface area contributed by atoms with Gasteiger partial charge in [0.05, 0.1) is 10.5 Å². The van der Waals surface area contributed by atoms with Crippen molar-refractivity contribution in [1.29, 1.82) is 0 Å². The Morgan fingerprint density at radius 3 is 2.41 bits per heavy atom. The van der Waals surface area contributed by atoms with Gasteiger partial charge in [-0.2, -0.15) is 4.31 Å². The van der Waals surface area contributed by atoms with Gasteiger partial charge in [0, 0.05) is 32.6 Å². The summed E-state index contributed by atoms with van der Waals surface area (Å²) in [6.07, 6.45) is 1.88. The molecule has 1 aromatic carbocycles. The topological polar surface area (TPSA) is 95.0 Å². The monoisotopic (exact) mass is 396 g/mol. The average Bonchev–Trinajstić information content (AvgIpc) is 2.67. The standard InChI is InChI=1S/C19H28N2O5S/c1-4-14(2)13-20(3)18(22)15-9-11-21(12-10-15)27(25,26)17-8-6-5-7-16(17)19(23)24/h5-8,14-15H,4,9-13H2,1-3H3,(H,23,24). The largest absolute Gasteiger partial charge is 0.478 e. The Bertz CT molecular complexity index is 785. The second kappa shape index (κ2) is 8.84. The molecule has 1 aliphatic rings. The number of carbonyl (C=O) groups is 2. The molecular formula is C19H28N2O5S. The number of piperidine rings is 1. The first-order valence-electron chi connectivity index (χ1n) is 9.25. The molecule has 1 unspecified atom stereocenters. The third-order valence-corrected chi connectivity index (χ3v) is 7.15. The Balaban J connectivity index is 2.07. The molecule has 0 saturated carbocycles. The number of sulfonamides is 1. The number of carboxylic acids is 1. The average molecular weight is 397 g/mol. The van der Waals surface area contributed by atoms with E-state index < -0.39 is 16.0 Å². The summed E-state index contributed by atoms with van der Waals surface area (Å²) in [6, 6.07) is 5.62. The summed E-state index contributed by atoms with van der Waals surface area (Å²) in [4.78, 5) is 25.5. The maximum atomic E-state index is 12.9. The van der Waals surface area contributed by atoms with E-state index in [1.807, 2.05) is 0 Å². The van der Waals surface area contributed by atoms with Crippen molar-refractivity contribution in [2.24, 2.45) is 11.8 Å². The molecule has 8 heteroatoms. The SMILES string of the molecule is CCC(C)CN(C)C(=O)C1CCN(S(=O)(=O)c2ccccc2C(=O)O)CC1. The molecule has 7 nitrogen and oxygen atoms in total. The molecule has 1 N–H and O–H groups in total. The van der Waals surface area contributed by atoms with Crippen LogP contribution in [0.5, 0.6) is 0 Å². The van der Waals surface area contributed by atoms with E-state index in [0.29, 0.717) is 25.3 Å². The molecule has 1 aliphatic heterocycles. The summed E-state index contributed by atoms with van der Waals surface area (Å²) < 4.78 is 27.0. The lowest BCUT2D eigenvalue weighted by Crippen LogP contribution is -2.44. The number of carbonyl (C=O) groups excluding carboxylic acids is 1. The molecule has 0 radical (unpaired) electrons. The van der Waals surface area contributed by atoms with Crippen molar-refractivity contribution in [2.75, 3.05) is 26.7 Å². The van der Waals surface area contributed by atoms with Crippen LogP contribution in [0.3, 0.4) is 0 Å². The molecular weight excluding hydrogens is 368 g/mol. The lowest BCUT2D eigenvalue weighted by Gasteiger charge is -2.33. The summed E-state index contributed by atoms with van der Waals surface area (Å²) in [5, 5.41) is 9.26. The smallest absolute Gasteiger partial charge is 0.337 e. The number of hydrogen-bond donors (Lipinski definition) is 1. The van der Waals surface area contributed by atoms with Crippen LogP contribution in [0.15, 0.2) is 29.2 Å². The maximum absolute atomic E-state index is 12.9. The third-order valence-electron chi connectivity index (χ3n) is 5.20. The van der Waals surface area contributed by atoms with E-state index in [1.165, 1.54) is 28.6 Å². The molecule has 0 spiro atoms. The number of benzene rings is 1. The fraction of sp³-hybridized carbons (Fsp3) is 0.579. The van der Waals surface area contributed by atoms with E-state index in [4.69, 9.17) is 0 Å². The molecule has 1 fully saturated rings. The quantitative estimate of drug-likeness (QED) is 0.763. The molecule has 27 heavy (non-hydrogen) atoms. The Morgan fingerprint density at radius 2 is 1.85 bits per heavy atom. The minimum atomic E-state index is -3.90. The Labute approximate surface area is 161 Å². The molecule has 0 aromatic heterocycles. The second-order valence-corrected chi connectivity index (χ2v) is 9.12. The first kappa shape index (κ1) is 21.4. The summed E-state index contributed by atoms with van der Waals surface area (Å²) in [5.41, 5.74) is -0.232. The Morgan fingerprint density at radius 1 is 1.26 bits per heavy atom. The normalized spacial score (nSPS) is 17.4. The van der Waals surface area contributed by atoms with Gasteiger partial charge < -0.3 is 10.0 Å². The van der Waals surface area contributed by atoms with Gasteiger partial charge in [-0.15, -0.1) is 0 Å². The number of nitrogens with zero attached hydrogens (tertiary/aromatic N) is 2. The van der Waals surface area contributed by atoms with Crippen LogP contribution in [0.4, 0.5) is 0 Å². The van der Waals surface area contributed by atoms with Gasteiger partial charge in [-0.05, 0) is 30.9 Å². The molecule has 1 saturated heterocycles. The second-order valence-electron chi connectivity index (χ2n) is 7.21. The van der Waals surface area contributed by atoms with Crippen LogP contribution < -0.4 is 0 Å². The molecule has 1 heterocycles. The number of amides is 1. The Kier molecular flexibility index (Phi) is 7.00. The highest BCUT2D eigenvalue weighted by Crippen LogP contribution is 2.27. The number of hydrogen-bond acceptors (Lipinski definition) is 4. The lowest BCUT2D eigenvalue weighted by molar-refractivity contribution is -0.135. The summed E-state index contributed by atoms with van der Waals surface area (Å²) in [6.45, 7) is 5.30. The van der Waals surface area contributed by atoms with Crippen LogP contribution >= 0.6 is 0 Å². The highest BCUT2D eigenvalue weighted by molar-refractivity contribution is 7.89.